The Bertz CT molecular complexity index is 1400. The van der Waals surface area contributed by atoms with Gasteiger partial charge in [-0.15, -0.1) is 0 Å². The minimum atomic E-state index is -1.23. The normalized spacial score (nSPS) is 16.9. The van der Waals surface area contributed by atoms with Gasteiger partial charge in [0, 0.05) is 11.1 Å². The van der Waals surface area contributed by atoms with Crippen molar-refractivity contribution in [3.63, 3.8) is 0 Å². The first-order valence-electron chi connectivity index (χ1n) is 10.5. The Balaban J connectivity index is 1.70. The molecule has 0 fully saturated rings. The van der Waals surface area contributed by atoms with E-state index in [2.05, 4.69) is 25.9 Å². The van der Waals surface area contributed by atoms with E-state index in [9.17, 15) is 14.4 Å². The molecule has 2 aromatic heterocycles. The smallest absolute Gasteiger partial charge is 0.413 e. The standard InChI is InChI=1S/C23H22Cl2N6O4/c1-22(2,3)35-21(34)29-17-10-16(26-11-27-17)28-15-9-14(25)18-19(32)30-23(4,31(18)20(15)33)12-6-5-7-13(24)8-12/h5-11H,1-4H3,(H,30,32)(H2,26,27,28,29,34). The number of rotatable bonds is 4. The van der Waals surface area contributed by atoms with Crippen LogP contribution in [-0.4, -0.2) is 32.1 Å². The number of hydrogen-bond donors (Lipinski definition) is 3. The maximum absolute atomic E-state index is 13.5. The first kappa shape index (κ1) is 24.5. The van der Waals surface area contributed by atoms with E-state index in [0.29, 0.717) is 10.6 Å². The lowest BCUT2D eigenvalue weighted by Gasteiger charge is -2.28. The molecule has 3 aromatic rings. The third-order valence-corrected chi connectivity index (χ3v) is 5.64. The van der Waals surface area contributed by atoms with E-state index in [4.69, 9.17) is 27.9 Å². The number of pyridine rings is 1. The van der Waals surface area contributed by atoms with Crippen molar-refractivity contribution < 1.29 is 14.3 Å². The Morgan fingerprint density at radius 3 is 2.51 bits per heavy atom. The zero-order valence-corrected chi connectivity index (χ0v) is 20.8. The fraction of sp³-hybridized carbons (Fsp3) is 0.261. The van der Waals surface area contributed by atoms with Crippen molar-refractivity contribution in [2.45, 2.75) is 39.0 Å². The van der Waals surface area contributed by atoms with Crippen molar-refractivity contribution >= 4 is 52.5 Å². The summed E-state index contributed by atoms with van der Waals surface area (Å²) in [5, 5.41) is 8.75. The van der Waals surface area contributed by atoms with Crippen LogP contribution in [0.4, 0.5) is 22.1 Å². The highest BCUT2D eigenvalue weighted by Crippen LogP contribution is 2.34. The van der Waals surface area contributed by atoms with Crippen molar-refractivity contribution in [2.75, 3.05) is 10.6 Å². The van der Waals surface area contributed by atoms with Gasteiger partial charge in [-0.3, -0.25) is 19.5 Å². The lowest BCUT2D eigenvalue weighted by molar-refractivity contribution is 0.0635. The van der Waals surface area contributed by atoms with Crippen molar-refractivity contribution in [3.8, 4) is 0 Å². The molecule has 2 amide bonds. The van der Waals surface area contributed by atoms with Crippen LogP contribution in [0.3, 0.4) is 0 Å². The Kier molecular flexibility index (Phi) is 6.20. The van der Waals surface area contributed by atoms with Gasteiger partial charge in [-0.2, -0.15) is 0 Å². The molecule has 0 spiro atoms. The van der Waals surface area contributed by atoms with Crippen LogP contribution in [0.25, 0.3) is 0 Å². The predicted octanol–water partition coefficient (Wildman–Crippen LogP) is 4.50. The molecule has 3 heterocycles. The molecule has 10 nitrogen and oxygen atoms in total. The number of hydrogen-bond acceptors (Lipinski definition) is 7. The van der Waals surface area contributed by atoms with E-state index in [0.717, 1.165) is 0 Å². The number of nitrogens with one attached hydrogen (secondary N) is 3. The minimum absolute atomic E-state index is 0.0275. The molecule has 1 unspecified atom stereocenters. The van der Waals surface area contributed by atoms with Gasteiger partial charge in [0.15, 0.2) is 0 Å². The van der Waals surface area contributed by atoms with Gasteiger partial charge in [0.1, 0.15) is 40.6 Å². The van der Waals surface area contributed by atoms with Crippen molar-refractivity contribution in [1.82, 2.24) is 19.9 Å². The molecule has 182 valence electrons. The van der Waals surface area contributed by atoms with E-state index in [1.807, 2.05) is 0 Å². The van der Waals surface area contributed by atoms with Gasteiger partial charge in [0.2, 0.25) is 0 Å². The van der Waals surface area contributed by atoms with Crippen molar-refractivity contribution in [2.24, 2.45) is 0 Å². The summed E-state index contributed by atoms with van der Waals surface area (Å²) >= 11 is 12.6. The zero-order valence-electron chi connectivity index (χ0n) is 19.3. The minimum Gasteiger partial charge on any atom is -0.444 e. The summed E-state index contributed by atoms with van der Waals surface area (Å²) in [5.74, 6) is -0.127. The van der Waals surface area contributed by atoms with Gasteiger partial charge in [-0.25, -0.2) is 14.8 Å². The number of anilines is 3. The lowest BCUT2D eigenvalue weighted by Crippen LogP contribution is -2.46. The van der Waals surface area contributed by atoms with Crippen LogP contribution < -0.4 is 21.5 Å². The Morgan fingerprint density at radius 2 is 1.83 bits per heavy atom. The third-order valence-electron chi connectivity index (χ3n) is 5.12. The first-order chi connectivity index (χ1) is 16.4. The molecule has 1 aliphatic rings. The monoisotopic (exact) mass is 516 g/mol. The number of benzene rings is 1. The third kappa shape index (κ3) is 4.94. The zero-order chi connectivity index (χ0) is 25.5. The molecule has 1 atom stereocenters. The number of carbonyl (C=O) groups is 2. The topological polar surface area (TPSA) is 127 Å². The fourth-order valence-corrected chi connectivity index (χ4v) is 4.15. The summed E-state index contributed by atoms with van der Waals surface area (Å²) in [7, 11) is 0. The summed E-state index contributed by atoms with van der Waals surface area (Å²) in [4.78, 5) is 46.4. The summed E-state index contributed by atoms with van der Waals surface area (Å²) in [6.07, 6.45) is 0.521. The van der Waals surface area contributed by atoms with E-state index in [-0.39, 0.29) is 28.0 Å². The quantitative estimate of drug-likeness (QED) is 0.465. The molecule has 0 bridgehead atoms. The second kappa shape index (κ2) is 8.86. The van der Waals surface area contributed by atoms with Crippen LogP contribution in [0.5, 0.6) is 0 Å². The molecule has 3 N–H and O–H groups in total. The first-order valence-corrected chi connectivity index (χ1v) is 11.3. The highest BCUT2D eigenvalue weighted by Gasteiger charge is 2.43. The average Bonchev–Trinajstić information content (AvgIpc) is 3.03. The number of amides is 2. The highest BCUT2D eigenvalue weighted by atomic mass is 35.5. The maximum Gasteiger partial charge on any atom is 0.413 e. The molecule has 0 aliphatic carbocycles. The number of aromatic nitrogens is 3. The molecule has 4 rings (SSSR count). The number of carbonyl (C=O) groups excluding carboxylic acids is 2. The molecule has 0 saturated carbocycles. The summed E-state index contributed by atoms with van der Waals surface area (Å²) in [6, 6.07) is 9.60. The van der Waals surface area contributed by atoms with Crippen LogP contribution in [0.2, 0.25) is 10.0 Å². The van der Waals surface area contributed by atoms with Crippen molar-refractivity contribution in [3.05, 3.63) is 74.4 Å². The molecule has 35 heavy (non-hydrogen) atoms. The average molecular weight is 517 g/mol. The van der Waals surface area contributed by atoms with Crippen molar-refractivity contribution in [1.29, 1.82) is 0 Å². The molecule has 0 saturated heterocycles. The molecule has 0 radical (unpaired) electrons. The van der Waals surface area contributed by atoms with E-state index >= 15 is 0 Å². The number of nitrogens with zero attached hydrogens (tertiary/aromatic N) is 3. The number of halogens is 2. The highest BCUT2D eigenvalue weighted by molar-refractivity contribution is 6.34. The van der Waals surface area contributed by atoms with Gasteiger partial charge in [-0.1, -0.05) is 35.3 Å². The SMILES string of the molecule is CC(C)(C)OC(=O)Nc1cc(Nc2cc(Cl)c3n(c2=O)C(C)(c2cccc(Cl)c2)NC3=O)ncn1. The predicted molar refractivity (Wildman–Crippen MR) is 133 cm³/mol. The van der Waals surface area contributed by atoms with E-state index in [1.54, 1.807) is 52.0 Å². The molecule has 12 heteroatoms. The Morgan fingerprint density at radius 1 is 1.11 bits per heavy atom. The summed E-state index contributed by atoms with van der Waals surface area (Å²) in [6.45, 7) is 6.89. The Labute approximate surface area is 210 Å². The van der Waals surface area contributed by atoms with Crippen LogP contribution in [-0.2, 0) is 10.4 Å². The van der Waals surface area contributed by atoms with Crippen LogP contribution >= 0.6 is 23.2 Å². The fourth-order valence-electron chi connectivity index (χ4n) is 3.68. The largest absolute Gasteiger partial charge is 0.444 e. The molecule has 1 aromatic carbocycles. The van der Waals surface area contributed by atoms with Gasteiger partial charge in [0.25, 0.3) is 11.5 Å². The van der Waals surface area contributed by atoms with Gasteiger partial charge >= 0.3 is 6.09 Å². The van der Waals surface area contributed by atoms with Gasteiger partial charge in [-0.05, 0) is 51.5 Å². The molecule has 1 aliphatic heterocycles. The van der Waals surface area contributed by atoms with E-state index < -0.39 is 28.8 Å². The summed E-state index contributed by atoms with van der Waals surface area (Å²) in [5.41, 5.74) is -1.76. The van der Waals surface area contributed by atoms with E-state index in [1.165, 1.54) is 23.0 Å². The second-order valence-electron chi connectivity index (χ2n) is 8.97. The van der Waals surface area contributed by atoms with Crippen LogP contribution in [0.1, 0.15) is 43.7 Å². The lowest BCUT2D eigenvalue weighted by atomic mass is 10.0. The van der Waals surface area contributed by atoms with Crippen LogP contribution in [0.15, 0.2) is 47.5 Å². The van der Waals surface area contributed by atoms with Gasteiger partial charge in [0.05, 0.1) is 5.02 Å². The number of fused-ring (bicyclic) bond motifs is 1. The van der Waals surface area contributed by atoms with Crippen LogP contribution in [0, 0.1) is 0 Å². The van der Waals surface area contributed by atoms with Gasteiger partial charge < -0.3 is 15.4 Å². The number of ether oxygens (including phenoxy) is 1. The molecular weight excluding hydrogens is 495 g/mol. The molecular formula is C23H22Cl2N6O4. The second-order valence-corrected chi connectivity index (χ2v) is 9.82. The Hall–Kier alpha value is -3.63. The summed E-state index contributed by atoms with van der Waals surface area (Å²) < 4.78 is 6.50. The maximum atomic E-state index is 13.5.